The Morgan fingerprint density at radius 3 is 2.33 bits per heavy atom. The second kappa shape index (κ2) is 2.93. The van der Waals surface area contributed by atoms with Gasteiger partial charge >= 0.3 is 0 Å². The monoisotopic (exact) mass is 168 g/mol. The van der Waals surface area contributed by atoms with Crippen LogP contribution in [0.4, 0.5) is 0 Å². The van der Waals surface area contributed by atoms with Crippen molar-refractivity contribution in [1.29, 1.82) is 0 Å². The van der Waals surface area contributed by atoms with E-state index in [9.17, 15) is 10.2 Å². The molecule has 3 heteroatoms. The van der Waals surface area contributed by atoms with Crippen LogP contribution in [-0.4, -0.2) is 17.3 Å². The summed E-state index contributed by atoms with van der Waals surface area (Å²) in [5, 5.41) is 18.5. The topological polar surface area (TPSA) is 49.7 Å². The summed E-state index contributed by atoms with van der Waals surface area (Å²) in [6.45, 7) is 3.51. The van der Waals surface area contributed by atoms with Crippen LogP contribution in [0.3, 0.4) is 0 Å². The van der Waals surface area contributed by atoms with Crippen molar-refractivity contribution in [3.8, 4) is 17.2 Å². The van der Waals surface area contributed by atoms with Crippen LogP contribution in [0, 0.1) is 13.8 Å². The van der Waals surface area contributed by atoms with Crippen LogP contribution in [0.25, 0.3) is 0 Å². The van der Waals surface area contributed by atoms with Gasteiger partial charge in [-0.25, -0.2) is 0 Å². The molecule has 0 unspecified atom stereocenters. The van der Waals surface area contributed by atoms with Crippen LogP contribution in [0.2, 0.25) is 0 Å². The highest BCUT2D eigenvalue weighted by Crippen LogP contribution is 2.37. The number of hydrogen-bond donors (Lipinski definition) is 2. The van der Waals surface area contributed by atoms with Crippen LogP contribution < -0.4 is 4.74 Å². The normalized spacial score (nSPS) is 9.92. The minimum Gasteiger partial charge on any atom is -0.504 e. The number of rotatable bonds is 1. The molecular formula is C9H12O3. The van der Waals surface area contributed by atoms with E-state index >= 15 is 0 Å². The van der Waals surface area contributed by atoms with Gasteiger partial charge in [0.25, 0.3) is 0 Å². The highest BCUT2D eigenvalue weighted by molar-refractivity contribution is 5.55. The zero-order valence-corrected chi connectivity index (χ0v) is 7.38. The molecule has 0 saturated carbocycles. The Morgan fingerprint density at radius 2 is 1.83 bits per heavy atom. The van der Waals surface area contributed by atoms with Crippen LogP contribution in [0.15, 0.2) is 6.07 Å². The van der Waals surface area contributed by atoms with Crippen LogP contribution in [0.5, 0.6) is 17.2 Å². The summed E-state index contributed by atoms with van der Waals surface area (Å²) >= 11 is 0. The zero-order chi connectivity index (χ0) is 9.30. The summed E-state index contributed by atoms with van der Waals surface area (Å²) in [6, 6.07) is 1.47. The molecule has 1 aromatic rings. The molecule has 2 N–H and O–H groups in total. The summed E-state index contributed by atoms with van der Waals surface area (Å²) in [7, 11) is 1.53. The first kappa shape index (κ1) is 8.71. The first-order chi connectivity index (χ1) is 5.57. The first-order valence-electron chi connectivity index (χ1n) is 3.64. The largest absolute Gasteiger partial charge is 0.504 e. The van der Waals surface area contributed by atoms with Crippen LogP contribution >= 0.6 is 0 Å². The second-order valence-corrected chi connectivity index (χ2v) is 2.72. The maximum Gasteiger partial charge on any atom is 0.164 e. The lowest BCUT2D eigenvalue weighted by Crippen LogP contribution is -1.91. The maximum absolute atomic E-state index is 9.31. The van der Waals surface area contributed by atoms with Gasteiger partial charge in [0.15, 0.2) is 11.5 Å². The van der Waals surface area contributed by atoms with Gasteiger partial charge in [0, 0.05) is 5.56 Å². The molecule has 0 aliphatic heterocycles. The van der Waals surface area contributed by atoms with E-state index in [2.05, 4.69) is 0 Å². The van der Waals surface area contributed by atoms with Crippen molar-refractivity contribution >= 4 is 0 Å². The van der Waals surface area contributed by atoms with E-state index in [1.807, 2.05) is 6.92 Å². The van der Waals surface area contributed by atoms with Gasteiger partial charge in [0.05, 0.1) is 7.11 Å². The smallest absolute Gasteiger partial charge is 0.164 e. The van der Waals surface area contributed by atoms with Gasteiger partial charge in [-0.1, -0.05) is 0 Å². The van der Waals surface area contributed by atoms with Gasteiger partial charge in [-0.3, -0.25) is 0 Å². The molecule has 0 atom stereocenters. The summed E-state index contributed by atoms with van der Waals surface area (Å²) in [6.07, 6.45) is 0. The standard InChI is InChI=1S/C9H12O3/c1-5-4-7(10)8(11)6(2)9(5)12-3/h4,10-11H,1-3H3. The predicted octanol–water partition coefficient (Wildman–Crippen LogP) is 1.72. The van der Waals surface area contributed by atoms with Crippen molar-refractivity contribution in [2.75, 3.05) is 7.11 Å². The molecule has 1 aromatic carbocycles. The summed E-state index contributed by atoms with van der Waals surface area (Å²) in [5.41, 5.74) is 1.38. The highest BCUT2D eigenvalue weighted by atomic mass is 16.5. The number of aryl methyl sites for hydroxylation is 1. The fourth-order valence-corrected chi connectivity index (χ4v) is 1.25. The van der Waals surface area contributed by atoms with E-state index in [1.165, 1.54) is 13.2 Å². The van der Waals surface area contributed by atoms with E-state index in [1.54, 1.807) is 6.92 Å². The Morgan fingerprint density at radius 1 is 1.25 bits per heavy atom. The molecular weight excluding hydrogens is 156 g/mol. The molecule has 0 radical (unpaired) electrons. The van der Waals surface area contributed by atoms with Crippen molar-refractivity contribution < 1.29 is 14.9 Å². The van der Waals surface area contributed by atoms with Crippen molar-refractivity contribution in [3.63, 3.8) is 0 Å². The van der Waals surface area contributed by atoms with E-state index in [0.29, 0.717) is 11.3 Å². The predicted molar refractivity (Wildman–Crippen MR) is 45.8 cm³/mol. The summed E-state index contributed by atoms with van der Waals surface area (Å²) < 4.78 is 5.04. The molecule has 0 fully saturated rings. The zero-order valence-electron chi connectivity index (χ0n) is 7.38. The molecule has 0 amide bonds. The Balaban J connectivity index is 3.40. The molecule has 0 aliphatic carbocycles. The SMILES string of the molecule is COc1c(C)cc(O)c(O)c1C. The fraction of sp³-hybridized carbons (Fsp3) is 0.333. The highest BCUT2D eigenvalue weighted by Gasteiger charge is 2.11. The Labute approximate surface area is 71.2 Å². The minimum atomic E-state index is -0.113. The molecule has 0 spiro atoms. The lowest BCUT2D eigenvalue weighted by molar-refractivity contribution is 0.379. The van der Waals surface area contributed by atoms with Crippen molar-refractivity contribution in [2.24, 2.45) is 0 Å². The first-order valence-corrected chi connectivity index (χ1v) is 3.64. The lowest BCUT2D eigenvalue weighted by atomic mass is 10.1. The number of benzene rings is 1. The Bertz CT molecular complexity index is 305. The Hall–Kier alpha value is -1.38. The summed E-state index contributed by atoms with van der Waals surface area (Å²) in [5.74, 6) is 0.397. The third-order valence-corrected chi connectivity index (χ3v) is 1.85. The molecule has 12 heavy (non-hydrogen) atoms. The van der Waals surface area contributed by atoms with Gasteiger partial charge in [0.2, 0.25) is 0 Å². The number of aromatic hydroxyl groups is 2. The van der Waals surface area contributed by atoms with Gasteiger partial charge in [-0.15, -0.1) is 0 Å². The number of hydrogen-bond acceptors (Lipinski definition) is 3. The van der Waals surface area contributed by atoms with Gasteiger partial charge in [-0.2, -0.15) is 0 Å². The average molecular weight is 168 g/mol. The molecule has 3 nitrogen and oxygen atoms in total. The van der Waals surface area contributed by atoms with E-state index < -0.39 is 0 Å². The lowest BCUT2D eigenvalue weighted by Gasteiger charge is -2.10. The Kier molecular flexibility index (Phi) is 2.13. The van der Waals surface area contributed by atoms with Crippen molar-refractivity contribution in [2.45, 2.75) is 13.8 Å². The molecule has 1 rings (SSSR count). The molecule has 0 aromatic heterocycles. The van der Waals surface area contributed by atoms with Crippen molar-refractivity contribution in [3.05, 3.63) is 17.2 Å². The third-order valence-electron chi connectivity index (χ3n) is 1.85. The van der Waals surface area contributed by atoms with Crippen LogP contribution in [0.1, 0.15) is 11.1 Å². The van der Waals surface area contributed by atoms with Gasteiger partial charge in [0.1, 0.15) is 5.75 Å². The molecule has 0 saturated heterocycles. The van der Waals surface area contributed by atoms with E-state index in [-0.39, 0.29) is 11.5 Å². The van der Waals surface area contributed by atoms with E-state index in [4.69, 9.17) is 4.74 Å². The van der Waals surface area contributed by atoms with Crippen LogP contribution in [-0.2, 0) is 0 Å². The molecule has 0 aliphatic rings. The maximum atomic E-state index is 9.31. The average Bonchev–Trinajstić information content (AvgIpc) is 2.01. The van der Waals surface area contributed by atoms with Gasteiger partial charge in [-0.05, 0) is 25.5 Å². The summed E-state index contributed by atoms with van der Waals surface area (Å²) in [4.78, 5) is 0. The number of phenols is 2. The minimum absolute atomic E-state index is 0.106. The second-order valence-electron chi connectivity index (χ2n) is 2.72. The quantitative estimate of drug-likeness (QED) is 0.628. The molecule has 0 heterocycles. The number of ether oxygens (including phenoxy) is 1. The third kappa shape index (κ3) is 1.18. The number of phenolic OH excluding ortho intramolecular Hbond substituents is 2. The number of methoxy groups -OCH3 is 1. The van der Waals surface area contributed by atoms with Crippen molar-refractivity contribution in [1.82, 2.24) is 0 Å². The molecule has 0 bridgehead atoms. The van der Waals surface area contributed by atoms with Gasteiger partial charge < -0.3 is 14.9 Å². The van der Waals surface area contributed by atoms with E-state index in [0.717, 1.165) is 5.56 Å². The fourth-order valence-electron chi connectivity index (χ4n) is 1.25. The molecule has 66 valence electrons.